The Bertz CT molecular complexity index is 378. The van der Waals surface area contributed by atoms with Crippen LogP contribution in [0.4, 0.5) is 0 Å². The summed E-state index contributed by atoms with van der Waals surface area (Å²) in [6.45, 7) is 2.94. The second-order valence-electron chi connectivity index (χ2n) is 4.67. The van der Waals surface area contributed by atoms with Gasteiger partial charge in [-0.2, -0.15) is 0 Å². The van der Waals surface area contributed by atoms with E-state index in [2.05, 4.69) is 17.3 Å². The third-order valence-electron chi connectivity index (χ3n) is 3.40. The molecule has 1 aliphatic heterocycles. The van der Waals surface area contributed by atoms with Gasteiger partial charge in [-0.25, -0.2) is 0 Å². The van der Waals surface area contributed by atoms with Crippen LogP contribution in [0.3, 0.4) is 0 Å². The van der Waals surface area contributed by atoms with E-state index >= 15 is 0 Å². The summed E-state index contributed by atoms with van der Waals surface area (Å²) in [5, 5.41) is 13.8. The third kappa shape index (κ3) is 3.35. The molecule has 0 aliphatic carbocycles. The number of nitrogens with one attached hydrogen (secondary N) is 1. The van der Waals surface area contributed by atoms with Crippen molar-refractivity contribution in [3.8, 4) is 5.75 Å². The highest BCUT2D eigenvalue weighted by Crippen LogP contribution is 2.24. The lowest BCUT2D eigenvalue weighted by atomic mass is 10.0. The predicted molar refractivity (Wildman–Crippen MR) is 70.5 cm³/mol. The molecule has 1 aliphatic rings. The molecule has 0 radical (unpaired) electrons. The second kappa shape index (κ2) is 5.71. The smallest absolute Gasteiger partial charge is 0.121 e. The molecular formula is C13H19ClN2O. The molecule has 0 spiro atoms. The van der Waals surface area contributed by atoms with Crippen LogP contribution in [0.1, 0.15) is 18.4 Å². The van der Waals surface area contributed by atoms with Gasteiger partial charge in [-0.1, -0.05) is 17.7 Å². The standard InChI is InChI=1S/C13H19ClN2O/c1-16(12-4-6-15-7-5-12)9-10-2-3-11(14)8-13(10)17/h2-3,8,12,15,17H,4-7,9H2,1H3. The Hall–Kier alpha value is -0.770. The Morgan fingerprint density at radius 2 is 2.12 bits per heavy atom. The summed E-state index contributed by atoms with van der Waals surface area (Å²) in [5.41, 5.74) is 0.940. The first kappa shape index (κ1) is 12.7. The van der Waals surface area contributed by atoms with Crippen molar-refractivity contribution in [3.05, 3.63) is 28.8 Å². The van der Waals surface area contributed by atoms with E-state index in [1.807, 2.05) is 12.1 Å². The van der Waals surface area contributed by atoms with Crippen LogP contribution in [0.5, 0.6) is 5.75 Å². The Morgan fingerprint density at radius 1 is 1.41 bits per heavy atom. The van der Waals surface area contributed by atoms with Gasteiger partial charge in [0.2, 0.25) is 0 Å². The maximum Gasteiger partial charge on any atom is 0.121 e. The first-order valence-electron chi connectivity index (χ1n) is 6.05. The van der Waals surface area contributed by atoms with Gasteiger partial charge in [-0.3, -0.25) is 4.90 Å². The molecule has 1 aromatic carbocycles. The normalized spacial score (nSPS) is 17.6. The van der Waals surface area contributed by atoms with E-state index in [9.17, 15) is 5.11 Å². The van der Waals surface area contributed by atoms with Gasteiger partial charge >= 0.3 is 0 Å². The lowest BCUT2D eigenvalue weighted by Gasteiger charge is -2.31. The molecule has 1 heterocycles. The number of benzene rings is 1. The van der Waals surface area contributed by atoms with Crippen LogP contribution in [0.2, 0.25) is 5.02 Å². The van der Waals surface area contributed by atoms with Gasteiger partial charge in [0.05, 0.1) is 0 Å². The highest BCUT2D eigenvalue weighted by Gasteiger charge is 2.18. The molecule has 1 saturated heterocycles. The molecule has 0 bridgehead atoms. The van der Waals surface area contributed by atoms with Crippen LogP contribution in [0, 0.1) is 0 Å². The average molecular weight is 255 g/mol. The second-order valence-corrected chi connectivity index (χ2v) is 5.11. The minimum atomic E-state index is 0.290. The van der Waals surface area contributed by atoms with Gasteiger partial charge in [-0.15, -0.1) is 0 Å². The Kier molecular flexibility index (Phi) is 4.26. The number of hydrogen-bond donors (Lipinski definition) is 2. The fourth-order valence-corrected chi connectivity index (χ4v) is 2.48. The number of nitrogens with zero attached hydrogens (tertiary/aromatic N) is 1. The first-order valence-corrected chi connectivity index (χ1v) is 6.43. The zero-order valence-corrected chi connectivity index (χ0v) is 10.9. The number of hydrogen-bond acceptors (Lipinski definition) is 3. The van der Waals surface area contributed by atoms with Crippen molar-refractivity contribution in [3.63, 3.8) is 0 Å². The fraction of sp³-hybridized carbons (Fsp3) is 0.538. The molecule has 0 saturated carbocycles. The van der Waals surface area contributed by atoms with E-state index in [1.54, 1.807) is 6.07 Å². The minimum Gasteiger partial charge on any atom is -0.508 e. The maximum absolute atomic E-state index is 9.82. The molecule has 0 unspecified atom stereocenters. The summed E-state index contributed by atoms with van der Waals surface area (Å²) in [6, 6.07) is 5.93. The Labute approximate surface area is 107 Å². The zero-order chi connectivity index (χ0) is 12.3. The summed E-state index contributed by atoms with van der Waals surface area (Å²) in [7, 11) is 2.12. The van der Waals surface area contributed by atoms with Crippen LogP contribution in [0.15, 0.2) is 18.2 Å². The van der Waals surface area contributed by atoms with E-state index in [4.69, 9.17) is 11.6 Å². The lowest BCUT2D eigenvalue weighted by molar-refractivity contribution is 0.190. The van der Waals surface area contributed by atoms with Crippen molar-refractivity contribution in [2.24, 2.45) is 0 Å². The number of halogens is 1. The number of phenols is 1. The number of phenolic OH excluding ortho intramolecular Hbond substituents is 1. The SMILES string of the molecule is CN(Cc1ccc(Cl)cc1O)C1CCNCC1. The zero-order valence-electron chi connectivity index (χ0n) is 10.1. The van der Waals surface area contributed by atoms with E-state index < -0.39 is 0 Å². The van der Waals surface area contributed by atoms with Crippen LogP contribution in [0.25, 0.3) is 0 Å². The quantitative estimate of drug-likeness (QED) is 0.868. The molecule has 3 nitrogen and oxygen atoms in total. The molecular weight excluding hydrogens is 236 g/mol. The first-order chi connectivity index (χ1) is 8.16. The van der Waals surface area contributed by atoms with Crippen LogP contribution >= 0.6 is 11.6 Å². The minimum absolute atomic E-state index is 0.290. The topological polar surface area (TPSA) is 35.5 Å². The molecule has 1 fully saturated rings. The number of piperidine rings is 1. The van der Waals surface area contributed by atoms with Crippen molar-refractivity contribution in [1.29, 1.82) is 0 Å². The summed E-state index contributed by atoms with van der Waals surface area (Å²) in [6.07, 6.45) is 2.34. The molecule has 2 rings (SSSR count). The molecule has 1 aromatic rings. The summed E-state index contributed by atoms with van der Waals surface area (Å²) in [4.78, 5) is 2.31. The van der Waals surface area contributed by atoms with Gasteiger partial charge in [0.25, 0.3) is 0 Å². The molecule has 94 valence electrons. The van der Waals surface area contributed by atoms with Crippen molar-refractivity contribution in [1.82, 2.24) is 10.2 Å². The van der Waals surface area contributed by atoms with Crippen molar-refractivity contribution in [2.45, 2.75) is 25.4 Å². The van der Waals surface area contributed by atoms with E-state index in [-0.39, 0.29) is 0 Å². The third-order valence-corrected chi connectivity index (χ3v) is 3.63. The summed E-state index contributed by atoms with van der Waals surface area (Å²) in [5.74, 6) is 0.290. The molecule has 2 N–H and O–H groups in total. The molecule has 0 atom stereocenters. The van der Waals surface area contributed by atoms with Gasteiger partial charge in [-0.05, 0) is 45.1 Å². The van der Waals surface area contributed by atoms with Gasteiger partial charge in [0.1, 0.15) is 5.75 Å². The maximum atomic E-state index is 9.82. The van der Waals surface area contributed by atoms with Crippen LogP contribution in [-0.4, -0.2) is 36.2 Å². The van der Waals surface area contributed by atoms with Gasteiger partial charge in [0, 0.05) is 23.2 Å². The summed E-state index contributed by atoms with van der Waals surface area (Å²) < 4.78 is 0. The monoisotopic (exact) mass is 254 g/mol. The van der Waals surface area contributed by atoms with Crippen molar-refractivity contribution < 1.29 is 5.11 Å². The van der Waals surface area contributed by atoms with Crippen LogP contribution < -0.4 is 5.32 Å². The average Bonchev–Trinajstić information content (AvgIpc) is 2.34. The highest BCUT2D eigenvalue weighted by molar-refractivity contribution is 6.30. The Balaban J connectivity index is 1.99. The highest BCUT2D eigenvalue weighted by atomic mass is 35.5. The van der Waals surface area contributed by atoms with E-state index in [0.717, 1.165) is 25.2 Å². The molecule has 0 amide bonds. The van der Waals surface area contributed by atoms with E-state index in [0.29, 0.717) is 16.8 Å². The molecule has 17 heavy (non-hydrogen) atoms. The predicted octanol–water partition coefficient (Wildman–Crippen LogP) is 2.23. The van der Waals surface area contributed by atoms with Crippen molar-refractivity contribution >= 4 is 11.6 Å². The van der Waals surface area contributed by atoms with Crippen LogP contribution in [-0.2, 0) is 6.54 Å². The fourth-order valence-electron chi connectivity index (χ4n) is 2.32. The molecule has 0 aromatic heterocycles. The number of rotatable bonds is 3. The largest absolute Gasteiger partial charge is 0.508 e. The summed E-state index contributed by atoms with van der Waals surface area (Å²) >= 11 is 5.82. The lowest BCUT2D eigenvalue weighted by Crippen LogP contribution is -2.40. The van der Waals surface area contributed by atoms with E-state index in [1.165, 1.54) is 12.8 Å². The van der Waals surface area contributed by atoms with Crippen molar-refractivity contribution in [2.75, 3.05) is 20.1 Å². The van der Waals surface area contributed by atoms with Gasteiger partial charge < -0.3 is 10.4 Å². The Morgan fingerprint density at radius 3 is 2.76 bits per heavy atom. The molecule has 4 heteroatoms. The van der Waals surface area contributed by atoms with Gasteiger partial charge in [0.15, 0.2) is 0 Å². The number of aromatic hydroxyl groups is 1.